The molecule has 2 rings (SSSR count). The number of hydrogen-bond acceptors (Lipinski definition) is 1. The first kappa shape index (κ1) is 15.6. The molecule has 1 heteroatoms. The van der Waals surface area contributed by atoms with Gasteiger partial charge in [-0.25, -0.2) is 0 Å². The van der Waals surface area contributed by atoms with Crippen LogP contribution in [0.3, 0.4) is 0 Å². The molecule has 2 aromatic carbocycles. The summed E-state index contributed by atoms with van der Waals surface area (Å²) in [6.45, 7) is 0. The number of methoxy groups -OCH3 is 1. The lowest BCUT2D eigenvalue weighted by Crippen LogP contribution is -1.89. The Hall–Kier alpha value is -1.76. The molecule has 0 bridgehead atoms. The standard InChI is InChI=1S/C20H25O/c1-21-20-16-14-19(15-17-20)13-7-4-2-3-6-10-18-11-8-5-9-12-18/h2,5,8-9,11-12,14-17H,3-4,6-7,10,13H2,1H3. The van der Waals surface area contributed by atoms with E-state index in [1.807, 2.05) is 12.1 Å². The Kier molecular flexibility index (Phi) is 6.87. The molecular formula is C20H25O. The normalized spacial score (nSPS) is 10.5. The highest BCUT2D eigenvalue weighted by Gasteiger charge is 1.96. The topological polar surface area (TPSA) is 9.23 Å². The fourth-order valence-corrected chi connectivity index (χ4v) is 2.48. The Bertz CT molecular complexity index is 487. The maximum absolute atomic E-state index is 5.17. The van der Waals surface area contributed by atoms with Gasteiger partial charge in [-0.15, -0.1) is 0 Å². The third-order valence-electron chi connectivity index (χ3n) is 3.75. The highest BCUT2D eigenvalue weighted by Crippen LogP contribution is 2.14. The average Bonchev–Trinajstić information content (AvgIpc) is 2.55. The van der Waals surface area contributed by atoms with E-state index in [1.54, 1.807) is 7.11 Å². The van der Waals surface area contributed by atoms with Crippen LogP contribution >= 0.6 is 0 Å². The molecule has 0 aliphatic heterocycles. The zero-order valence-corrected chi connectivity index (χ0v) is 12.9. The van der Waals surface area contributed by atoms with Gasteiger partial charge in [0.05, 0.1) is 7.11 Å². The first-order valence-corrected chi connectivity index (χ1v) is 7.87. The Morgan fingerprint density at radius 2 is 1.33 bits per heavy atom. The highest BCUT2D eigenvalue weighted by atomic mass is 16.5. The molecule has 1 radical (unpaired) electrons. The van der Waals surface area contributed by atoms with Crippen molar-refractivity contribution in [2.24, 2.45) is 0 Å². The van der Waals surface area contributed by atoms with Gasteiger partial charge in [0.25, 0.3) is 0 Å². The molecule has 1 nitrogen and oxygen atoms in total. The lowest BCUT2D eigenvalue weighted by molar-refractivity contribution is 0.414. The molecule has 0 unspecified atom stereocenters. The molecule has 0 aromatic heterocycles. The van der Waals surface area contributed by atoms with Gasteiger partial charge in [0.2, 0.25) is 0 Å². The van der Waals surface area contributed by atoms with Crippen molar-refractivity contribution >= 4 is 0 Å². The van der Waals surface area contributed by atoms with Gasteiger partial charge in [0, 0.05) is 0 Å². The summed E-state index contributed by atoms with van der Waals surface area (Å²) < 4.78 is 5.17. The van der Waals surface area contributed by atoms with Crippen LogP contribution in [0.2, 0.25) is 0 Å². The molecule has 0 saturated heterocycles. The van der Waals surface area contributed by atoms with E-state index in [0.29, 0.717) is 0 Å². The van der Waals surface area contributed by atoms with Crippen LogP contribution in [0.5, 0.6) is 5.75 Å². The summed E-state index contributed by atoms with van der Waals surface area (Å²) >= 11 is 0. The Morgan fingerprint density at radius 1 is 0.762 bits per heavy atom. The summed E-state index contributed by atoms with van der Waals surface area (Å²) in [6, 6.07) is 19.1. The number of aryl methyl sites for hydroxylation is 2. The molecule has 0 fully saturated rings. The van der Waals surface area contributed by atoms with E-state index in [1.165, 1.54) is 43.2 Å². The van der Waals surface area contributed by atoms with Crippen molar-refractivity contribution in [2.75, 3.05) is 7.11 Å². The molecule has 0 atom stereocenters. The quantitative estimate of drug-likeness (QED) is 0.571. The number of hydrogen-bond donors (Lipinski definition) is 0. The smallest absolute Gasteiger partial charge is 0.118 e. The second-order valence-corrected chi connectivity index (χ2v) is 5.41. The minimum atomic E-state index is 0.936. The molecule has 0 aliphatic rings. The number of rotatable bonds is 9. The zero-order valence-electron chi connectivity index (χ0n) is 12.9. The zero-order chi connectivity index (χ0) is 14.8. The first-order valence-electron chi connectivity index (χ1n) is 7.87. The van der Waals surface area contributed by atoms with Crippen LogP contribution in [0.25, 0.3) is 0 Å². The largest absolute Gasteiger partial charge is 0.497 e. The minimum absolute atomic E-state index is 0.936. The molecule has 0 heterocycles. The molecule has 0 aliphatic carbocycles. The van der Waals surface area contributed by atoms with Crippen LogP contribution in [0.4, 0.5) is 0 Å². The number of ether oxygens (including phenoxy) is 1. The molecule has 21 heavy (non-hydrogen) atoms. The van der Waals surface area contributed by atoms with Crippen LogP contribution in [0.1, 0.15) is 36.8 Å². The maximum Gasteiger partial charge on any atom is 0.118 e. The van der Waals surface area contributed by atoms with Crippen molar-refractivity contribution in [1.82, 2.24) is 0 Å². The van der Waals surface area contributed by atoms with Crippen molar-refractivity contribution in [1.29, 1.82) is 0 Å². The van der Waals surface area contributed by atoms with Gasteiger partial charge in [-0.05, 0) is 68.2 Å². The summed E-state index contributed by atoms with van der Waals surface area (Å²) in [5, 5.41) is 0. The van der Waals surface area contributed by atoms with Crippen LogP contribution < -0.4 is 4.74 Å². The van der Waals surface area contributed by atoms with E-state index >= 15 is 0 Å². The lowest BCUT2D eigenvalue weighted by Gasteiger charge is -2.04. The van der Waals surface area contributed by atoms with Crippen molar-refractivity contribution in [2.45, 2.75) is 38.5 Å². The molecule has 0 saturated carbocycles. The second-order valence-electron chi connectivity index (χ2n) is 5.41. The second kappa shape index (κ2) is 9.23. The third-order valence-corrected chi connectivity index (χ3v) is 3.75. The SMILES string of the molecule is COc1ccc(CCC[CH]CCCc2ccccc2)cc1. The summed E-state index contributed by atoms with van der Waals surface area (Å²) in [4.78, 5) is 0. The summed E-state index contributed by atoms with van der Waals surface area (Å²) in [5.41, 5.74) is 2.85. The fraction of sp³-hybridized carbons (Fsp3) is 0.350. The van der Waals surface area contributed by atoms with Gasteiger partial charge in [-0.2, -0.15) is 0 Å². The average molecular weight is 281 g/mol. The van der Waals surface area contributed by atoms with E-state index in [2.05, 4.69) is 48.9 Å². The van der Waals surface area contributed by atoms with Gasteiger partial charge in [0.15, 0.2) is 0 Å². The van der Waals surface area contributed by atoms with Crippen molar-refractivity contribution in [3.8, 4) is 5.75 Å². The fourth-order valence-electron chi connectivity index (χ4n) is 2.48. The number of benzene rings is 2. The van der Waals surface area contributed by atoms with Crippen LogP contribution in [0, 0.1) is 6.42 Å². The molecule has 0 spiro atoms. The Morgan fingerprint density at radius 3 is 1.90 bits per heavy atom. The van der Waals surface area contributed by atoms with Crippen molar-refractivity contribution in [3.63, 3.8) is 0 Å². The van der Waals surface area contributed by atoms with E-state index in [4.69, 9.17) is 4.74 Å². The van der Waals surface area contributed by atoms with E-state index in [0.717, 1.165) is 12.2 Å². The van der Waals surface area contributed by atoms with Crippen molar-refractivity contribution in [3.05, 3.63) is 72.1 Å². The molecular weight excluding hydrogens is 256 g/mol. The van der Waals surface area contributed by atoms with E-state index in [-0.39, 0.29) is 0 Å². The lowest BCUT2D eigenvalue weighted by atomic mass is 10.0. The predicted octanol–water partition coefficient (Wildman–Crippen LogP) is 5.25. The van der Waals surface area contributed by atoms with Gasteiger partial charge in [0.1, 0.15) is 5.75 Å². The van der Waals surface area contributed by atoms with Crippen LogP contribution in [-0.2, 0) is 12.8 Å². The number of unbranched alkanes of at least 4 members (excludes halogenated alkanes) is 4. The highest BCUT2D eigenvalue weighted by molar-refractivity contribution is 5.27. The first-order chi connectivity index (χ1) is 10.4. The minimum Gasteiger partial charge on any atom is -0.497 e. The van der Waals surface area contributed by atoms with Crippen LogP contribution in [0.15, 0.2) is 54.6 Å². The van der Waals surface area contributed by atoms with Gasteiger partial charge in [-0.3, -0.25) is 0 Å². The van der Waals surface area contributed by atoms with Crippen LogP contribution in [-0.4, -0.2) is 7.11 Å². The Labute approximate surface area is 129 Å². The molecule has 2 aromatic rings. The van der Waals surface area contributed by atoms with Gasteiger partial charge in [-0.1, -0.05) is 42.5 Å². The third kappa shape index (κ3) is 6.03. The van der Waals surface area contributed by atoms with Gasteiger partial charge >= 0.3 is 0 Å². The van der Waals surface area contributed by atoms with E-state index < -0.39 is 0 Å². The van der Waals surface area contributed by atoms with Crippen molar-refractivity contribution < 1.29 is 4.74 Å². The van der Waals surface area contributed by atoms with E-state index in [9.17, 15) is 0 Å². The molecule has 0 amide bonds. The summed E-state index contributed by atoms with van der Waals surface area (Å²) in [5.74, 6) is 0.936. The molecule has 111 valence electrons. The predicted molar refractivity (Wildman–Crippen MR) is 89.6 cm³/mol. The molecule has 0 N–H and O–H groups in total. The Balaban J connectivity index is 1.51. The summed E-state index contributed by atoms with van der Waals surface area (Å²) in [6.07, 6.45) is 9.70. The summed E-state index contributed by atoms with van der Waals surface area (Å²) in [7, 11) is 1.71. The van der Waals surface area contributed by atoms with Gasteiger partial charge < -0.3 is 4.74 Å². The monoisotopic (exact) mass is 281 g/mol. The maximum atomic E-state index is 5.17.